The number of amides is 1. The Labute approximate surface area is 157 Å². The number of hydrogen-bond acceptors (Lipinski definition) is 3. The van der Waals surface area contributed by atoms with Crippen molar-refractivity contribution in [3.8, 4) is 6.07 Å². The summed E-state index contributed by atoms with van der Waals surface area (Å²) < 4.78 is 3.08. The van der Waals surface area contributed by atoms with E-state index in [1.807, 2.05) is 50.2 Å². The molecule has 0 aliphatic carbocycles. The second kappa shape index (κ2) is 7.50. The monoisotopic (exact) mass is 362 g/mol. The van der Waals surface area contributed by atoms with Gasteiger partial charge in [-0.1, -0.05) is 24.3 Å². The molecule has 0 bridgehead atoms. The minimum Gasteiger partial charge on any atom is -0.335 e. The number of benzene rings is 2. The maximum atomic E-state index is 13.0. The number of hydrogen-bond donors (Lipinski definition) is 0. The third kappa shape index (κ3) is 3.36. The Hall–Kier alpha value is -3.33. The summed E-state index contributed by atoms with van der Waals surface area (Å²) in [6, 6.07) is 16.6. The quantitative estimate of drug-likeness (QED) is 0.701. The molecule has 1 atom stereocenters. The molecule has 0 saturated carbocycles. The summed E-state index contributed by atoms with van der Waals surface area (Å²) in [5, 5.41) is 8.94. The van der Waals surface area contributed by atoms with Crippen LogP contribution in [0.15, 0.2) is 53.3 Å². The first kappa shape index (κ1) is 18.5. The number of imidazole rings is 1. The molecular formula is C21H22N4O2. The molecular weight excluding hydrogens is 340 g/mol. The van der Waals surface area contributed by atoms with Gasteiger partial charge in [-0.2, -0.15) is 5.26 Å². The standard InChI is InChI=1S/C21H22N4O2/c1-4-24(15(2)17-11-9-16(13-22)10-12-17)20(26)14-25-19-8-6-5-7-18(19)23(3)21(25)27/h5-12,15H,4,14H2,1-3H3. The van der Waals surface area contributed by atoms with Crippen LogP contribution in [0.3, 0.4) is 0 Å². The summed E-state index contributed by atoms with van der Waals surface area (Å²) in [7, 11) is 1.71. The summed E-state index contributed by atoms with van der Waals surface area (Å²) in [5.74, 6) is -0.118. The average Bonchev–Trinajstić information content (AvgIpc) is 2.93. The highest BCUT2D eigenvalue weighted by Gasteiger charge is 2.22. The lowest BCUT2D eigenvalue weighted by Crippen LogP contribution is -2.38. The van der Waals surface area contributed by atoms with Crippen LogP contribution in [0, 0.1) is 11.3 Å². The molecule has 2 aromatic carbocycles. The third-order valence-corrected chi connectivity index (χ3v) is 5.00. The summed E-state index contributed by atoms with van der Waals surface area (Å²) in [5.41, 5.74) is 2.89. The Morgan fingerprint density at radius 3 is 2.37 bits per heavy atom. The lowest BCUT2D eigenvalue weighted by Gasteiger charge is -2.28. The van der Waals surface area contributed by atoms with Crippen LogP contribution in [-0.2, 0) is 18.4 Å². The maximum absolute atomic E-state index is 13.0. The molecule has 27 heavy (non-hydrogen) atoms. The third-order valence-electron chi connectivity index (χ3n) is 5.00. The number of aromatic nitrogens is 2. The molecule has 0 saturated heterocycles. The number of nitrogens with zero attached hydrogens (tertiary/aromatic N) is 4. The van der Waals surface area contributed by atoms with Gasteiger partial charge in [-0.25, -0.2) is 4.79 Å². The molecule has 0 N–H and O–H groups in total. The second-order valence-electron chi connectivity index (χ2n) is 6.51. The predicted octanol–water partition coefficient (Wildman–Crippen LogP) is 2.82. The number of aryl methyl sites for hydroxylation is 1. The average molecular weight is 362 g/mol. The number of carbonyl (C=O) groups is 1. The van der Waals surface area contributed by atoms with Gasteiger partial charge in [-0.3, -0.25) is 13.9 Å². The highest BCUT2D eigenvalue weighted by molar-refractivity contribution is 5.81. The van der Waals surface area contributed by atoms with Gasteiger partial charge >= 0.3 is 5.69 Å². The fourth-order valence-electron chi connectivity index (χ4n) is 3.42. The van der Waals surface area contributed by atoms with Gasteiger partial charge in [0.05, 0.1) is 28.7 Å². The van der Waals surface area contributed by atoms with E-state index >= 15 is 0 Å². The van der Waals surface area contributed by atoms with E-state index in [0.29, 0.717) is 12.1 Å². The molecule has 1 heterocycles. The lowest BCUT2D eigenvalue weighted by atomic mass is 10.0. The molecule has 0 spiro atoms. The van der Waals surface area contributed by atoms with Gasteiger partial charge in [-0.05, 0) is 43.7 Å². The fourth-order valence-corrected chi connectivity index (χ4v) is 3.42. The maximum Gasteiger partial charge on any atom is 0.329 e. The number of rotatable bonds is 5. The molecule has 6 nitrogen and oxygen atoms in total. The van der Waals surface area contributed by atoms with Crippen molar-refractivity contribution in [2.24, 2.45) is 7.05 Å². The summed E-state index contributed by atoms with van der Waals surface area (Å²) >= 11 is 0. The van der Waals surface area contributed by atoms with Crippen LogP contribution in [0.5, 0.6) is 0 Å². The molecule has 1 aromatic heterocycles. The molecule has 0 aliphatic rings. The van der Waals surface area contributed by atoms with Crippen LogP contribution in [0.25, 0.3) is 11.0 Å². The minimum absolute atomic E-state index is 0.00531. The molecule has 0 fully saturated rings. The van der Waals surface area contributed by atoms with E-state index in [2.05, 4.69) is 6.07 Å². The van der Waals surface area contributed by atoms with E-state index in [9.17, 15) is 9.59 Å². The Kier molecular flexibility index (Phi) is 5.13. The number of nitriles is 1. The van der Waals surface area contributed by atoms with Gasteiger partial charge in [0, 0.05) is 13.6 Å². The van der Waals surface area contributed by atoms with E-state index in [1.54, 1.807) is 28.6 Å². The zero-order valence-electron chi connectivity index (χ0n) is 15.7. The molecule has 1 amide bonds. The van der Waals surface area contributed by atoms with E-state index < -0.39 is 0 Å². The van der Waals surface area contributed by atoms with Crippen molar-refractivity contribution in [2.75, 3.05) is 6.54 Å². The van der Waals surface area contributed by atoms with Crippen LogP contribution in [0.4, 0.5) is 0 Å². The molecule has 3 rings (SSSR count). The zero-order chi connectivity index (χ0) is 19.6. The fraction of sp³-hybridized carbons (Fsp3) is 0.286. The van der Waals surface area contributed by atoms with Gasteiger partial charge < -0.3 is 4.90 Å². The number of carbonyl (C=O) groups excluding carboxylic acids is 1. The molecule has 138 valence electrons. The van der Waals surface area contributed by atoms with Crippen LogP contribution in [-0.4, -0.2) is 26.5 Å². The van der Waals surface area contributed by atoms with Gasteiger partial charge in [0.2, 0.25) is 5.91 Å². The molecule has 6 heteroatoms. The predicted molar refractivity (Wildman–Crippen MR) is 104 cm³/mol. The zero-order valence-corrected chi connectivity index (χ0v) is 15.7. The molecule has 3 aromatic rings. The smallest absolute Gasteiger partial charge is 0.329 e. The first-order valence-electron chi connectivity index (χ1n) is 8.91. The first-order chi connectivity index (χ1) is 13.0. The van der Waals surface area contributed by atoms with Crippen molar-refractivity contribution in [3.63, 3.8) is 0 Å². The van der Waals surface area contributed by atoms with Crippen molar-refractivity contribution in [1.29, 1.82) is 5.26 Å². The van der Waals surface area contributed by atoms with Crippen LogP contribution >= 0.6 is 0 Å². The number of likely N-dealkylation sites (N-methyl/N-ethyl adjacent to an activating group) is 1. The number of para-hydroxylation sites is 2. The van der Waals surface area contributed by atoms with E-state index in [1.165, 1.54) is 4.57 Å². The highest BCUT2D eigenvalue weighted by Crippen LogP contribution is 2.21. The van der Waals surface area contributed by atoms with Gasteiger partial charge in [-0.15, -0.1) is 0 Å². The van der Waals surface area contributed by atoms with Crippen LogP contribution < -0.4 is 5.69 Å². The van der Waals surface area contributed by atoms with E-state index in [0.717, 1.165) is 16.6 Å². The Bertz CT molecular complexity index is 1070. The van der Waals surface area contributed by atoms with Gasteiger partial charge in [0.25, 0.3) is 0 Å². The molecule has 1 unspecified atom stereocenters. The summed E-state index contributed by atoms with van der Waals surface area (Å²) in [6.45, 7) is 4.40. The minimum atomic E-state index is -0.202. The Morgan fingerprint density at radius 2 is 1.78 bits per heavy atom. The van der Waals surface area contributed by atoms with E-state index in [4.69, 9.17) is 5.26 Å². The van der Waals surface area contributed by atoms with Gasteiger partial charge in [0.1, 0.15) is 6.54 Å². The molecule has 0 radical (unpaired) electrons. The van der Waals surface area contributed by atoms with E-state index in [-0.39, 0.29) is 24.2 Å². The number of fused-ring (bicyclic) bond motifs is 1. The first-order valence-corrected chi connectivity index (χ1v) is 8.91. The topological polar surface area (TPSA) is 71.0 Å². The summed E-state index contributed by atoms with van der Waals surface area (Å²) in [6.07, 6.45) is 0. The van der Waals surface area contributed by atoms with Crippen molar-refractivity contribution in [2.45, 2.75) is 26.4 Å². The van der Waals surface area contributed by atoms with Crippen molar-refractivity contribution in [1.82, 2.24) is 14.0 Å². The normalized spacial score (nSPS) is 11.9. The van der Waals surface area contributed by atoms with Gasteiger partial charge in [0.15, 0.2) is 0 Å². The van der Waals surface area contributed by atoms with Crippen molar-refractivity contribution >= 4 is 16.9 Å². The SMILES string of the molecule is CCN(C(=O)Cn1c(=O)n(C)c2ccccc21)C(C)c1ccc(C#N)cc1. The van der Waals surface area contributed by atoms with Crippen LogP contribution in [0.1, 0.15) is 31.0 Å². The second-order valence-corrected chi connectivity index (χ2v) is 6.51. The largest absolute Gasteiger partial charge is 0.335 e. The molecule has 0 aliphatic heterocycles. The van der Waals surface area contributed by atoms with Crippen LogP contribution in [0.2, 0.25) is 0 Å². The summed E-state index contributed by atoms with van der Waals surface area (Å²) in [4.78, 5) is 27.3. The highest BCUT2D eigenvalue weighted by atomic mass is 16.2. The van der Waals surface area contributed by atoms with Crippen molar-refractivity contribution in [3.05, 3.63) is 70.1 Å². The Balaban J connectivity index is 1.89. The van der Waals surface area contributed by atoms with Crippen molar-refractivity contribution < 1.29 is 4.79 Å². The Morgan fingerprint density at radius 1 is 1.15 bits per heavy atom. The lowest BCUT2D eigenvalue weighted by molar-refractivity contribution is -0.133.